The average Bonchev–Trinajstić information content (AvgIpc) is 2.94. The molecule has 0 fully saturated rings. The van der Waals surface area contributed by atoms with Gasteiger partial charge in [0.1, 0.15) is 5.76 Å². The van der Waals surface area contributed by atoms with E-state index in [0.717, 1.165) is 5.76 Å². The molecule has 0 aliphatic rings. The highest BCUT2D eigenvalue weighted by molar-refractivity contribution is 5.75. The standard InChI is InChI=1S/C16H21NO4/c1-12(14(18)16(2,3)15(19)20)8-6-4-5-7-9-13-10-17-11-21-13/h4-8,10-11,14,18H,9H2,1-3H3,(H,19,20)/b6-4-,7-5+,12-8+/t14-/m1/s1. The lowest BCUT2D eigenvalue weighted by Crippen LogP contribution is -2.37. The molecule has 5 nitrogen and oxygen atoms in total. The SMILES string of the molecule is C\C(=C/C=C\C=C\Cc1cnco1)[C@@H](O)C(C)(C)C(=O)O. The second kappa shape index (κ2) is 7.59. The van der Waals surface area contributed by atoms with Crippen LogP contribution in [-0.2, 0) is 11.2 Å². The lowest BCUT2D eigenvalue weighted by Gasteiger charge is -2.26. The number of hydrogen-bond donors (Lipinski definition) is 2. The number of hydrogen-bond acceptors (Lipinski definition) is 4. The van der Waals surface area contributed by atoms with Crippen LogP contribution in [0.25, 0.3) is 0 Å². The molecular formula is C16H21NO4. The van der Waals surface area contributed by atoms with E-state index >= 15 is 0 Å². The smallest absolute Gasteiger partial charge is 0.312 e. The number of oxazole rings is 1. The third kappa shape index (κ3) is 5.04. The number of allylic oxidation sites excluding steroid dienone is 5. The van der Waals surface area contributed by atoms with E-state index in [1.54, 1.807) is 31.3 Å². The zero-order chi connectivity index (χ0) is 15.9. The minimum atomic E-state index is -1.21. The highest BCUT2D eigenvalue weighted by atomic mass is 16.4. The maximum Gasteiger partial charge on any atom is 0.312 e. The Morgan fingerprint density at radius 3 is 2.71 bits per heavy atom. The molecule has 0 amide bonds. The molecular weight excluding hydrogens is 270 g/mol. The van der Waals surface area contributed by atoms with Crippen LogP contribution in [-0.4, -0.2) is 27.3 Å². The van der Waals surface area contributed by atoms with Crippen molar-refractivity contribution in [2.45, 2.75) is 33.3 Å². The van der Waals surface area contributed by atoms with Crippen LogP contribution in [0.15, 0.2) is 53.0 Å². The first-order chi connectivity index (χ1) is 9.85. The summed E-state index contributed by atoms with van der Waals surface area (Å²) < 4.78 is 5.08. The monoisotopic (exact) mass is 291 g/mol. The molecule has 1 atom stereocenters. The van der Waals surface area contributed by atoms with Crippen LogP contribution in [0.5, 0.6) is 0 Å². The van der Waals surface area contributed by atoms with Crippen molar-refractivity contribution < 1.29 is 19.4 Å². The Hall–Kier alpha value is -2.14. The van der Waals surface area contributed by atoms with E-state index in [1.807, 2.05) is 12.2 Å². The third-order valence-corrected chi connectivity index (χ3v) is 3.19. The van der Waals surface area contributed by atoms with Gasteiger partial charge in [-0.15, -0.1) is 0 Å². The molecule has 0 aliphatic carbocycles. The normalized spacial score (nSPS) is 15.0. The van der Waals surface area contributed by atoms with Gasteiger partial charge < -0.3 is 14.6 Å². The molecule has 0 bridgehead atoms. The first-order valence-corrected chi connectivity index (χ1v) is 6.64. The van der Waals surface area contributed by atoms with Gasteiger partial charge in [-0.1, -0.05) is 30.4 Å². The van der Waals surface area contributed by atoms with Crippen LogP contribution >= 0.6 is 0 Å². The maximum absolute atomic E-state index is 11.1. The summed E-state index contributed by atoms with van der Waals surface area (Å²) >= 11 is 0. The summed E-state index contributed by atoms with van der Waals surface area (Å²) in [6, 6.07) is 0. The Labute approximate surface area is 124 Å². The number of carbonyl (C=O) groups is 1. The third-order valence-electron chi connectivity index (χ3n) is 3.19. The molecule has 0 unspecified atom stereocenters. The molecule has 2 N–H and O–H groups in total. The van der Waals surface area contributed by atoms with Crippen molar-refractivity contribution in [3.8, 4) is 0 Å². The van der Waals surface area contributed by atoms with E-state index in [0.29, 0.717) is 12.0 Å². The molecule has 1 rings (SSSR count). The van der Waals surface area contributed by atoms with E-state index in [1.165, 1.54) is 20.2 Å². The van der Waals surface area contributed by atoms with Crippen molar-refractivity contribution in [1.82, 2.24) is 4.98 Å². The number of aromatic nitrogens is 1. The van der Waals surface area contributed by atoms with E-state index in [4.69, 9.17) is 9.52 Å². The first kappa shape index (κ1) is 16.9. The second-order valence-corrected chi connectivity index (χ2v) is 5.32. The quantitative estimate of drug-likeness (QED) is 0.755. The topological polar surface area (TPSA) is 83.6 Å². The first-order valence-electron chi connectivity index (χ1n) is 6.64. The van der Waals surface area contributed by atoms with Gasteiger partial charge in [0.2, 0.25) is 0 Å². The number of aliphatic carboxylic acids is 1. The molecule has 1 aromatic heterocycles. The Balaban J connectivity index is 2.53. The predicted octanol–water partition coefficient (Wildman–Crippen LogP) is 2.75. The highest BCUT2D eigenvalue weighted by Crippen LogP contribution is 2.26. The Morgan fingerprint density at radius 2 is 2.14 bits per heavy atom. The molecule has 1 aromatic rings. The van der Waals surface area contributed by atoms with E-state index < -0.39 is 17.5 Å². The van der Waals surface area contributed by atoms with Crippen LogP contribution in [0.3, 0.4) is 0 Å². The van der Waals surface area contributed by atoms with Gasteiger partial charge in [-0.2, -0.15) is 0 Å². The van der Waals surface area contributed by atoms with Gasteiger partial charge in [0.25, 0.3) is 0 Å². The van der Waals surface area contributed by atoms with Crippen LogP contribution in [0.4, 0.5) is 0 Å². The summed E-state index contributed by atoms with van der Waals surface area (Å²) in [5.74, 6) is -0.247. The molecule has 21 heavy (non-hydrogen) atoms. The van der Waals surface area contributed by atoms with Gasteiger partial charge in [0.05, 0.1) is 17.7 Å². The summed E-state index contributed by atoms with van der Waals surface area (Å²) in [4.78, 5) is 14.9. The van der Waals surface area contributed by atoms with Crippen molar-refractivity contribution in [3.63, 3.8) is 0 Å². The minimum Gasteiger partial charge on any atom is -0.481 e. The molecule has 0 radical (unpaired) electrons. The number of aliphatic hydroxyl groups excluding tert-OH is 1. The van der Waals surface area contributed by atoms with E-state index in [-0.39, 0.29) is 0 Å². The fraction of sp³-hybridized carbons (Fsp3) is 0.375. The lowest BCUT2D eigenvalue weighted by molar-refractivity contribution is -0.151. The van der Waals surface area contributed by atoms with E-state index in [9.17, 15) is 9.90 Å². The predicted molar refractivity (Wildman–Crippen MR) is 79.7 cm³/mol. The number of carboxylic acid groups (broad SMARTS) is 1. The van der Waals surface area contributed by atoms with Crippen LogP contribution in [0, 0.1) is 5.41 Å². The molecule has 0 saturated heterocycles. The van der Waals surface area contributed by atoms with Crippen LogP contribution < -0.4 is 0 Å². The Kier molecular flexibility index (Phi) is 6.11. The average molecular weight is 291 g/mol. The second-order valence-electron chi connectivity index (χ2n) is 5.32. The van der Waals surface area contributed by atoms with Crippen molar-refractivity contribution in [2.24, 2.45) is 5.41 Å². The lowest BCUT2D eigenvalue weighted by atomic mass is 9.83. The van der Waals surface area contributed by atoms with Gasteiger partial charge in [-0.25, -0.2) is 4.98 Å². The van der Waals surface area contributed by atoms with Gasteiger partial charge in [0, 0.05) is 6.42 Å². The largest absolute Gasteiger partial charge is 0.481 e. The zero-order valence-electron chi connectivity index (χ0n) is 12.5. The molecule has 0 aliphatic heterocycles. The Morgan fingerprint density at radius 1 is 1.43 bits per heavy atom. The highest BCUT2D eigenvalue weighted by Gasteiger charge is 2.36. The molecule has 5 heteroatoms. The fourth-order valence-corrected chi connectivity index (χ4v) is 1.65. The van der Waals surface area contributed by atoms with Gasteiger partial charge >= 0.3 is 5.97 Å². The molecule has 0 aromatic carbocycles. The summed E-state index contributed by atoms with van der Waals surface area (Å²) in [5.41, 5.74) is -0.612. The van der Waals surface area contributed by atoms with Crippen molar-refractivity contribution in [1.29, 1.82) is 0 Å². The minimum absolute atomic E-state index is 0.599. The van der Waals surface area contributed by atoms with Gasteiger partial charge in [-0.05, 0) is 26.3 Å². The van der Waals surface area contributed by atoms with Crippen LogP contribution in [0.1, 0.15) is 26.5 Å². The molecule has 114 valence electrons. The number of aliphatic hydroxyl groups is 1. The van der Waals surface area contributed by atoms with Gasteiger partial charge in [-0.3, -0.25) is 4.79 Å². The molecule has 0 spiro atoms. The number of nitrogens with zero attached hydrogens (tertiary/aromatic N) is 1. The van der Waals surface area contributed by atoms with E-state index in [2.05, 4.69) is 4.98 Å². The van der Waals surface area contributed by atoms with Crippen molar-refractivity contribution in [2.75, 3.05) is 0 Å². The van der Waals surface area contributed by atoms with Gasteiger partial charge in [0.15, 0.2) is 6.39 Å². The summed E-state index contributed by atoms with van der Waals surface area (Å²) in [6.07, 6.45) is 11.7. The summed E-state index contributed by atoms with van der Waals surface area (Å²) in [6.45, 7) is 4.70. The molecule has 0 saturated carbocycles. The summed E-state index contributed by atoms with van der Waals surface area (Å²) in [5, 5.41) is 19.1. The zero-order valence-corrected chi connectivity index (χ0v) is 12.5. The Bertz CT molecular complexity index is 539. The van der Waals surface area contributed by atoms with Crippen LogP contribution in [0.2, 0.25) is 0 Å². The fourth-order valence-electron chi connectivity index (χ4n) is 1.65. The molecule has 1 heterocycles. The summed E-state index contributed by atoms with van der Waals surface area (Å²) in [7, 11) is 0. The number of carboxylic acids is 1. The maximum atomic E-state index is 11.1. The van der Waals surface area contributed by atoms with Crippen molar-refractivity contribution >= 4 is 5.97 Å². The number of rotatable bonds is 7. The van der Waals surface area contributed by atoms with Crippen molar-refractivity contribution in [3.05, 3.63) is 54.3 Å².